The molecular weight excluding hydrogens is 264 g/mol. The molecule has 1 aromatic heterocycles. The third-order valence-electron chi connectivity index (χ3n) is 3.34. The topological polar surface area (TPSA) is 66.9 Å². The third kappa shape index (κ3) is 3.35. The van der Waals surface area contributed by atoms with Gasteiger partial charge in [-0.2, -0.15) is 0 Å². The monoisotopic (exact) mass is 280 g/mol. The Balaban J connectivity index is 1.65. The molecule has 2 aliphatic carbocycles. The van der Waals surface area contributed by atoms with Crippen LogP contribution in [0.3, 0.4) is 0 Å². The summed E-state index contributed by atoms with van der Waals surface area (Å²) in [6.45, 7) is 1.82. The van der Waals surface area contributed by atoms with Crippen molar-refractivity contribution in [2.75, 3.05) is 5.32 Å². The number of aromatic nitrogens is 2. The summed E-state index contributed by atoms with van der Waals surface area (Å²) in [5, 5.41) is 6.48. The van der Waals surface area contributed by atoms with Crippen LogP contribution in [0.2, 0.25) is 5.15 Å². The van der Waals surface area contributed by atoms with Crippen molar-refractivity contribution in [2.24, 2.45) is 0 Å². The van der Waals surface area contributed by atoms with Crippen LogP contribution in [-0.2, 0) is 4.79 Å². The lowest BCUT2D eigenvalue weighted by Crippen LogP contribution is -2.38. The molecule has 0 aromatic carbocycles. The Kier molecular flexibility index (Phi) is 3.31. The van der Waals surface area contributed by atoms with Gasteiger partial charge in [-0.1, -0.05) is 11.6 Å². The second-order valence-electron chi connectivity index (χ2n) is 5.36. The highest BCUT2D eigenvalue weighted by atomic mass is 35.5. The highest BCUT2D eigenvalue weighted by molar-refractivity contribution is 6.29. The normalized spacial score (nSPS) is 19.9. The predicted molar refractivity (Wildman–Crippen MR) is 73.3 cm³/mol. The first kappa shape index (κ1) is 12.7. The molecule has 0 saturated heterocycles. The number of nitrogens with one attached hydrogen (secondary N) is 2. The van der Waals surface area contributed by atoms with Crippen LogP contribution in [0.25, 0.3) is 0 Å². The molecule has 2 fully saturated rings. The van der Waals surface area contributed by atoms with Crippen molar-refractivity contribution < 1.29 is 4.79 Å². The van der Waals surface area contributed by atoms with E-state index in [9.17, 15) is 4.79 Å². The molecular formula is C13H17ClN4O. The van der Waals surface area contributed by atoms with Gasteiger partial charge >= 0.3 is 0 Å². The molecule has 1 aromatic rings. The minimum Gasteiger partial charge on any atom is -0.358 e. The SMILES string of the molecule is CC(Nc1cc(Cl)nc(C2CC2)n1)C(=O)NC1CC1. The fourth-order valence-electron chi connectivity index (χ4n) is 1.87. The number of hydrogen-bond acceptors (Lipinski definition) is 4. The van der Waals surface area contributed by atoms with Gasteiger partial charge in [-0.05, 0) is 32.6 Å². The van der Waals surface area contributed by atoms with Crippen LogP contribution < -0.4 is 10.6 Å². The average Bonchev–Trinajstić information content (AvgIpc) is 3.22. The fraction of sp³-hybridized carbons (Fsp3) is 0.615. The van der Waals surface area contributed by atoms with E-state index in [1.807, 2.05) is 6.92 Å². The second kappa shape index (κ2) is 4.96. The van der Waals surface area contributed by atoms with Gasteiger partial charge in [-0.15, -0.1) is 0 Å². The molecule has 2 N–H and O–H groups in total. The second-order valence-corrected chi connectivity index (χ2v) is 5.74. The Bertz CT molecular complexity index is 499. The Morgan fingerprint density at radius 2 is 2.11 bits per heavy atom. The number of carbonyl (C=O) groups excluding carboxylic acids is 1. The van der Waals surface area contributed by atoms with E-state index >= 15 is 0 Å². The summed E-state index contributed by atoms with van der Waals surface area (Å²) in [4.78, 5) is 20.5. The maximum Gasteiger partial charge on any atom is 0.242 e. The number of halogens is 1. The van der Waals surface area contributed by atoms with Crippen molar-refractivity contribution in [1.29, 1.82) is 0 Å². The molecule has 0 aliphatic heterocycles. The first-order valence-corrected chi connectivity index (χ1v) is 7.11. The third-order valence-corrected chi connectivity index (χ3v) is 3.53. The Labute approximate surface area is 117 Å². The summed E-state index contributed by atoms with van der Waals surface area (Å²) in [6, 6.07) is 1.71. The lowest BCUT2D eigenvalue weighted by Gasteiger charge is -2.15. The Hall–Kier alpha value is -1.36. The van der Waals surface area contributed by atoms with Crippen molar-refractivity contribution >= 4 is 23.3 Å². The lowest BCUT2D eigenvalue weighted by atomic mass is 10.3. The first-order valence-electron chi connectivity index (χ1n) is 6.73. The van der Waals surface area contributed by atoms with Gasteiger partial charge in [0.1, 0.15) is 22.8 Å². The van der Waals surface area contributed by atoms with E-state index in [0.29, 0.717) is 22.9 Å². The zero-order valence-electron chi connectivity index (χ0n) is 10.8. The minimum absolute atomic E-state index is 0.00482. The molecule has 3 rings (SSSR count). The average molecular weight is 281 g/mol. The van der Waals surface area contributed by atoms with E-state index in [1.165, 1.54) is 0 Å². The molecule has 1 atom stereocenters. The molecule has 0 spiro atoms. The largest absolute Gasteiger partial charge is 0.358 e. The van der Waals surface area contributed by atoms with Crippen molar-refractivity contribution in [3.05, 3.63) is 17.0 Å². The van der Waals surface area contributed by atoms with E-state index in [2.05, 4.69) is 20.6 Å². The molecule has 0 radical (unpaired) electrons. The minimum atomic E-state index is -0.321. The van der Waals surface area contributed by atoms with Gasteiger partial charge in [0.05, 0.1) is 0 Å². The smallest absolute Gasteiger partial charge is 0.242 e. The Morgan fingerprint density at radius 1 is 1.37 bits per heavy atom. The maximum atomic E-state index is 11.9. The van der Waals surface area contributed by atoms with Crippen molar-refractivity contribution in [1.82, 2.24) is 15.3 Å². The van der Waals surface area contributed by atoms with Gasteiger partial charge < -0.3 is 10.6 Å². The summed E-state index contributed by atoms with van der Waals surface area (Å²) in [5.74, 6) is 1.85. The summed E-state index contributed by atoms with van der Waals surface area (Å²) < 4.78 is 0. The van der Waals surface area contributed by atoms with Crippen LogP contribution in [0.15, 0.2) is 6.07 Å². The van der Waals surface area contributed by atoms with Gasteiger partial charge in [0, 0.05) is 18.0 Å². The van der Waals surface area contributed by atoms with E-state index in [4.69, 9.17) is 11.6 Å². The molecule has 2 saturated carbocycles. The quantitative estimate of drug-likeness (QED) is 0.811. The standard InChI is InChI=1S/C13H17ClN4O/c1-7(13(19)16-9-4-5-9)15-11-6-10(14)17-12(18-11)8-2-3-8/h6-9H,2-5H2,1H3,(H,16,19)(H,15,17,18). The van der Waals surface area contributed by atoms with Gasteiger partial charge in [-0.25, -0.2) is 9.97 Å². The molecule has 19 heavy (non-hydrogen) atoms. The maximum absolute atomic E-state index is 11.9. The van der Waals surface area contributed by atoms with E-state index in [0.717, 1.165) is 31.5 Å². The van der Waals surface area contributed by atoms with Gasteiger partial charge in [0.25, 0.3) is 0 Å². The highest BCUT2D eigenvalue weighted by Gasteiger charge is 2.28. The highest BCUT2D eigenvalue weighted by Crippen LogP contribution is 2.38. The van der Waals surface area contributed by atoms with E-state index in [1.54, 1.807) is 6.07 Å². The zero-order chi connectivity index (χ0) is 13.4. The van der Waals surface area contributed by atoms with Gasteiger partial charge in [-0.3, -0.25) is 4.79 Å². The molecule has 0 bridgehead atoms. The first-order chi connectivity index (χ1) is 9.11. The number of rotatable bonds is 5. The van der Waals surface area contributed by atoms with Crippen LogP contribution in [0.4, 0.5) is 5.82 Å². The van der Waals surface area contributed by atoms with Gasteiger partial charge in [0.2, 0.25) is 5.91 Å². The zero-order valence-corrected chi connectivity index (χ0v) is 11.6. The van der Waals surface area contributed by atoms with Crippen LogP contribution in [0.5, 0.6) is 0 Å². The van der Waals surface area contributed by atoms with Crippen molar-refractivity contribution in [2.45, 2.75) is 50.6 Å². The van der Waals surface area contributed by atoms with Crippen LogP contribution in [0.1, 0.15) is 44.3 Å². The summed E-state index contributed by atoms with van der Waals surface area (Å²) in [6.07, 6.45) is 4.42. The summed E-state index contributed by atoms with van der Waals surface area (Å²) in [5.41, 5.74) is 0. The van der Waals surface area contributed by atoms with Crippen LogP contribution >= 0.6 is 11.6 Å². The van der Waals surface area contributed by atoms with Crippen LogP contribution in [0, 0.1) is 0 Å². The summed E-state index contributed by atoms with van der Waals surface area (Å²) in [7, 11) is 0. The number of hydrogen-bond donors (Lipinski definition) is 2. The molecule has 6 heteroatoms. The van der Waals surface area contributed by atoms with Crippen LogP contribution in [-0.4, -0.2) is 28.0 Å². The number of nitrogens with zero attached hydrogens (tertiary/aromatic N) is 2. The molecule has 1 heterocycles. The number of anilines is 1. The molecule has 5 nitrogen and oxygen atoms in total. The number of carbonyl (C=O) groups is 1. The molecule has 102 valence electrons. The Morgan fingerprint density at radius 3 is 2.74 bits per heavy atom. The van der Waals surface area contributed by atoms with E-state index in [-0.39, 0.29) is 11.9 Å². The lowest BCUT2D eigenvalue weighted by molar-refractivity contribution is -0.121. The molecule has 1 amide bonds. The number of amides is 1. The predicted octanol–water partition coefficient (Wildman–Crippen LogP) is 2.09. The fourth-order valence-corrected chi connectivity index (χ4v) is 2.06. The van der Waals surface area contributed by atoms with Crippen molar-refractivity contribution in [3.63, 3.8) is 0 Å². The molecule has 1 unspecified atom stereocenters. The van der Waals surface area contributed by atoms with Gasteiger partial charge in [0.15, 0.2) is 0 Å². The van der Waals surface area contributed by atoms with E-state index < -0.39 is 0 Å². The summed E-state index contributed by atoms with van der Waals surface area (Å²) >= 11 is 5.99. The molecule has 2 aliphatic rings. The van der Waals surface area contributed by atoms with Crippen molar-refractivity contribution in [3.8, 4) is 0 Å².